The molecule has 9 aliphatic rings. The molecule has 6 bridgehead atoms. The maximum absolute atomic E-state index is 7.66. The van der Waals surface area contributed by atoms with Gasteiger partial charge in [-0.1, -0.05) is 70.4 Å². The number of benzene rings is 1. The average molecular weight is 638 g/mol. The summed E-state index contributed by atoms with van der Waals surface area (Å²) in [5.41, 5.74) is 25.4. The van der Waals surface area contributed by atoms with Crippen LogP contribution in [0.2, 0.25) is 0 Å². The summed E-state index contributed by atoms with van der Waals surface area (Å²) < 4.78 is 0. The highest BCUT2D eigenvalue weighted by Crippen LogP contribution is 2.77. The molecule has 0 saturated heterocycles. The van der Waals surface area contributed by atoms with Gasteiger partial charge in [-0.25, -0.2) is 0 Å². The Kier molecular flexibility index (Phi) is 6.79. The number of rotatable bonds is 3. The van der Waals surface area contributed by atoms with Gasteiger partial charge in [0.2, 0.25) is 0 Å². The van der Waals surface area contributed by atoms with Crippen molar-refractivity contribution in [2.75, 3.05) is 0 Å². The van der Waals surface area contributed by atoms with Crippen LogP contribution < -0.4 is 17.2 Å². The van der Waals surface area contributed by atoms with Crippen molar-refractivity contribution in [1.82, 2.24) is 0 Å². The molecular weight excluding hydrogens is 571 g/mol. The SMILES string of the molecule is CC1CCCCC12C1CC(C3CC(c4ccccc4)C4(C3)[C@@H]3C[C@@H](CC3C3CC(C)(C)C5(C3)[C@H]3CC[C@H](C3)[C@H]5N)[C@H]4N)CC(C1)[C@H]2N. The van der Waals surface area contributed by atoms with Crippen molar-refractivity contribution in [3.8, 4) is 0 Å². The standard InChI is InChI=1S/C44H67N3/c1-25-9-7-8-14-42(25)34-17-28(15-29(18-34)38(42)45)31-21-36(26-10-5-4-6-11-26)43(23-31)37-20-30(39(43)46)19-35(37)32-22-41(2,3)44(24-32)33-13-12-27(16-33)40(44)47/h4-6,10-11,25,27-40H,7-9,12-24,45-47H2,1-3H3/t25?,27-,28?,29?,30-,31?,32?,33+,34?,35?,36?,37-,38-,39-,40-,42?,43?,44?/m1/s1. The smallest absolute Gasteiger partial charge is 0.0133 e. The largest absolute Gasteiger partial charge is 0.327 e. The van der Waals surface area contributed by atoms with Crippen LogP contribution in [0.3, 0.4) is 0 Å². The first-order valence-electron chi connectivity index (χ1n) is 20.9. The molecule has 1 aromatic carbocycles. The lowest BCUT2D eigenvalue weighted by Crippen LogP contribution is -2.52. The molecule has 258 valence electrons. The Morgan fingerprint density at radius 3 is 2.09 bits per heavy atom. The van der Waals surface area contributed by atoms with Crippen LogP contribution in [-0.2, 0) is 0 Å². The highest BCUT2D eigenvalue weighted by atomic mass is 14.9. The van der Waals surface area contributed by atoms with E-state index in [4.69, 9.17) is 17.2 Å². The van der Waals surface area contributed by atoms with Crippen LogP contribution in [0.5, 0.6) is 0 Å². The predicted molar refractivity (Wildman–Crippen MR) is 192 cm³/mol. The second-order valence-electron chi connectivity index (χ2n) is 20.9. The lowest BCUT2D eigenvalue weighted by Gasteiger charge is -2.50. The van der Waals surface area contributed by atoms with Crippen molar-refractivity contribution >= 4 is 0 Å². The number of hydrogen-bond acceptors (Lipinski definition) is 3. The highest BCUT2D eigenvalue weighted by Gasteiger charge is 2.72. The van der Waals surface area contributed by atoms with E-state index in [-0.39, 0.29) is 5.41 Å². The lowest BCUT2D eigenvalue weighted by molar-refractivity contribution is 0.0142. The molecular formula is C44H67N3. The van der Waals surface area contributed by atoms with Crippen molar-refractivity contribution in [2.45, 2.75) is 148 Å². The molecule has 1 aromatic rings. The van der Waals surface area contributed by atoms with E-state index in [2.05, 4.69) is 51.1 Å². The zero-order valence-corrected chi connectivity index (χ0v) is 30.1. The highest BCUT2D eigenvalue weighted by molar-refractivity contribution is 5.31. The molecule has 3 nitrogen and oxygen atoms in total. The molecule has 0 aliphatic heterocycles. The second kappa shape index (κ2) is 10.3. The molecule has 0 aromatic heterocycles. The molecule has 9 saturated carbocycles. The molecule has 10 rings (SSSR count). The first kappa shape index (κ1) is 30.9. The fourth-order valence-electron chi connectivity index (χ4n) is 18.2. The maximum atomic E-state index is 7.66. The van der Waals surface area contributed by atoms with Crippen LogP contribution in [0.25, 0.3) is 0 Å². The quantitative estimate of drug-likeness (QED) is 0.310. The van der Waals surface area contributed by atoms with Crippen molar-refractivity contribution < 1.29 is 0 Å². The molecule has 11 unspecified atom stereocenters. The Morgan fingerprint density at radius 1 is 0.596 bits per heavy atom. The monoisotopic (exact) mass is 638 g/mol. The van der Waals surface area contributed by atoms with Gasteiger partial charge in [0.05, 0.1) is 0 Å². The summed E-state index contributed by atoms with van der Waals surface area (Å²) in [6.07, 6.45) is 22.7. The Labute approximate surface area is 286 Å². The van der Waals surface area contributed by atoms with Gasteiger partial charge in [-0.3, -0.25) is 0 Å². The third-order valence-corrected chi connectivity index (χ3v) is 19.8. The van der Waals surface area contributed by atoms with Gasteiger partial charge in [-0.05, 0) is 182 Å². The Bertz CT molecular complexity index is 1370. The van der Waals surface area contributed by atoms with Crippen molar-refractivity contribution in [3.63, 3.8) is 0 Å². The Morgan fingerprint density at radius 2 is 1.34 bits per heavy atom. The summed E-state index contributed by atoms with van der Waals surface area (Å²) in [6.45, 7) is 7.86. The van der Waals surface area contributed by atoms with E-state index in [0.717, 1.165) is 65.1 Å². The number of fused-ring (bicyclic) bond motifs is 9. The molecule has 3 heteroatoms. The minimum absolute atomic E-state index is 0.282. The first-order chi connectivity index (χ1) is 22.6. The summed E-state index contributed by atoms with van der Waals surface area (Å²) in [5.74, 6) is 9.67. The third-order valence-electron chi connectivity index (χ3n) is 19.8. The maximum Gasteiger partial charge on any atom is 0.0133 e. The molecule has 0 amide bonds. The molecule has 0 radical (unpaired) electrons. The van der Waals surface area contributed by atoms with Crippen LogP contribution in [0.15, 0.2) is 30.3 Å². The first-order valence-corrected chi connectivity index (χ1v) is 20.9. The number of hydrogen-bond donors (Lipinski definition) is 3. The van der Waals surface area contributed by atoms with Crippen LogP contribution in [0.1, 0.15) is 135 Å². The third kappa shape index (κ3) is 3.82. The predicted octanol–water partition coefficient (Wildman–Crippen LogP) is 8.90. The zero-order valence-electron chi connectivity index (χ0n) is 30.1. The van der Waals surface area contributed by atoms with Gasteiger partial charge in [0, 0.05) is 18.1 Å². The van der Waals surface area contributed by atoms with Crippen LogP contribution in [0.4, 0.5) is 0 Å². The summed E-state index contributed by atoms with van der Waals surface area (Å²) in [6, 6.07) is 13.1. The number of nitrogens with two attached hydrogens (primary N) is 3. The van der Waals surface area contributed by atoms with E-state index < -0.39 is 0 Å². The van der Waals surface area contributed by atoms with E-state index in [0.29, 0.717) is 40.3 Å². The van der Waals surface area contributed by atoms with Crippen LogP contribution in [-0.4, -0.2) is 18.1 Å². The molecule has 3 spiro atoms. The zero-order chi connectivity index (χ0) is 32.1. The van der Waals surface area contributed by atoms with Gasteiger partial charge < -0.3 is 17.2 Å². The minimum atomic E-state index is 0.282. The van der Waals surface area contributed by atoms with Gasteiger partial charge in [0.1, 0.15) is 0 Å². The molecule has 0 heterocycles. The normalized spacial score (nSPS) is 58.6. The summed E-state index contributed by atoms with van der Waals surface area (Å²) >= 11 is 0. The second-order valence-corrected chi connectivity index (χ2v) is 20.9. The topological polar surface area (TPSA) is 78.1 Å². The average Bonchev–Trinajstić information content (AvgIpc) is 3.93. The van der Waals surface area contributed by atoms with Gasteiger partial charge in [-0.2, -0.15) is 0 Å². The summed E-state index contributed by atoms with van der Waals surface area (Å²) in [7, 11) is 0. The van der Waals surface area contributed by atoms with Crippen LogP contribution in [0, 0.1) is 86.8 Å². The fraction of sp³-hybridized carbons (Fsp3) is 0.864. The molecule has 9 aliphatic carbocycles. The Balaban J connectivity index is 0.976. The van der Waals surface area contributed by atoms with Gasteiger partial charge in [-0.15, -0.1) is 0 Å². The fourth-order valence-corrected chi connectivity index (χ4v) is 18.2. The minimum Gasteiger partial charge on any atom is -0.327 e. The van der Waals surface area contributed by atoms with Crippen molar-refractivity contribution in [2.24, 2.45) is 104 Å². The van der Waals surface area contributed by atoms with Gasteiger partial charge >= 0.3 is 0 Å². The van der Waals surface area contributed by atoms with E-state index in [1.165, 1.54) is 103 Å². The van der Waals surface area contributed by atoms with E-state index in [9.17, 15) is 0 Å². The van der Waals surface area contributed by atoms with Crippen LogP contribution >= 0.6 is 0 Å². The lowest BCUT2D eigenvalue weighted by atomic mass is 9.56. The van der Waals surface area contributed by atoms with Crippen molar-refractivity contribution in [1.29, 1.82) is 0 Å². The van der Waals surface area contributed by atoms with E-state index in [1.807, 2.05) is 0 Å². The van der Waals surface area contributed by atoms with Gasteiger partial charge in [0.25, 0.3) is 0 Å². The van der Waals surface area contributed by atoms with Crippen molar-refractivity contribution in [3.05, 3.63) is 35.9 Å². The summed E-state index contributed by atoms with van der Waals surface area (Å²) in [5, 5.41) is 0. The van der Waals surface area contributed by atoms with E-state index in [1.54, 1.807) is 5.56 Å². The van der Waals surface area contributed by atoms with Gasteiger partial charge in [0.15, 0.2) is 0 Å². The Hall–Kier alpha value is -0.900. The molecule has 9 fully saturated rings. The molecule has 47 heavy (non-hydrogen) atoms. The summed E-state index contributed by atoms with van der Waals surface area (Å²) in [4.78, 5) is 0. The molecule has 6 N–H and O–H groups in total. The molecule has 18 atom stereocenters. The van der Waals surface area contributed by atoms with E-state index >= 15 is 0 Å².